The molecule has 0 bridgehead atoms. The van der Waals surface area contributed by atoms with Crippen LogP contribution in [0, 0.1) is 6.92 Å². The van der Waals surface area contributed by atoms with E-state index >= 15 is 0 Å². The third-order valence-corrected chi connectivity index (χ3v) is 3.96. The Morgan fingerprint density at radius 3 is 2.95 bits per heavy atom. The number of aromatic nitrogens is 2. The fourth-order valence-electron chi connectivity index (χ4n) is 1.75. The third-order valence-electron chi connectivity index (χ3n) is 2.71. The van der Waals surface area contributed by atoms with Crippen LogP contribution >= 0.6 is 27.3 Å². The van der Waals surface area contributed by atoms with E-state index in [9.17, 15) is 4.79 Å². The van der Waals surface area contributed by atoms with Crippen LogP contribution in [0.15, 0.2) is 44.7 Å². The maximum absolute atomic E-state index is 12.0. The number of amides is 1. The average Bonchev–Trinajstić information content (AvgIpc) is 3.08. The molecule has 0 atom stereocenters. The van der Waals surface area contributed by atoms with E-state index in [1.807, 2.05) is 29.6 Å². The predicted octanol–water partition coefficient (Wildman–Crippen LogP) is 4.12. The van der Waals surface area contributed by atoms with Gasteiger partial charge >= 0.3 is 0 Å². The lowest BCUT2D eigenvalue weighted by atomic mass is 10.2. The molecule has 2 heterocycles. The molecule has 0 unspecified atom stereocenters. The summed E-state index contributed by atoms with van der Waals surface area (Å²) in [6.45, 7) is 1.73. The van der Waals surface area contributed by atoms with Crippen molar-refractivity contribution in [3.05, 3.63) is 51.6 Å². The van der Waals surface area contributed by atoms with Crippen molar-refractivity contribution in [3.63, 3.8) is 0 Å². The molecule has 0 aliphatic carbocycles. The van der Waals surface area contributed by atoms with Gasteiger partial charge in [-0.25, -0.2) is 4.98 Å². The number of benzene rings is 1. The monoisotopic (exact) mass is 363 g/mol. The number of rotatable bonds is 3. The van der Waals surface area contributed by atoms with E-state index < -0.39 is 0 Å². The summed E-state index contributed by atoms with van der Waals surface area (Å²) in [5, 5.41) is 8.80. The molecule has 21 heavy (non-hydrogen) atoms. The van der Waals surface area contributed by atoms with Crippen LogP contribution in [0.2, 0.25) is 0 Å². The normalized spacial score (nSPS) is 10.6. The lowest BCUT2D eigenvalue weighted by Gasteiger charge is -1.98. The van der Waals surface area contributed by atoms with Crippen molar-refractivity contribution >= 4 is 38.3 Å². The first-order valence-electron chi connectivity index (χ1n) is 6.08. The molecule has 0 aliphatic heterocycles. The highest BCUT2D eigenvalue weighted by Gasteiger charge is 2.13. The van der Waals surface area contributed by atoms with E-state index in [0.717, 1.165) is 15.7 Å². The molecule has 0 aliphatic rings. The maximum Gasteiger partial charge on any atom is 0.279 e. The number of thiazole rings is 1. The zero-order chi connectivity index (χ0) is 14.8. The predicted molar refractivity (Wildman–Crippen MR) is 84.4 cm³/mol. The summed E-state index contributed by atoms with van der Waals surface area (Å²) in [6.07, 6.45) is 0. The summed E-state index contributed by atoms with van der Waals surface area (Å²) in [4.78, 5) is 16.4. The number of nitrogens with zero attached hydrogens (tertiary/aromatic N) is 2. The van der Waals surface area contributed by atoms with Crippen molar-refractivity contribution in [3.8, 4) is 11.3 Å². The standard InChI is InChI=1S/C14H10BrN3O2S/c1-8-5-11(18-20-8)13(19)17-14-16-12(7-21-14)9-3-2-4-10(15)6-9/h2-7H,1H3,(H,16,17,19). The first-order chi connectivity index (χ1) is 10.1. The highest BCUT2D eigenvalue weighted by atomic mass is 79.9. The van der Waals surface area contributed by atoms with E-state index in [0.29, 0.717) is 10.9 Å². The minimum absolute atomic E-state index is 0.242. The molecule has 0 fully saturated rings. The smallest absolute Gasteiger partial charge is 0.279 e. The minimum Gasteiger partial charge on any atom is -0.361 e. The van der Waals surface area contributed by atoms with Gasteiger partial charge in [0.05, 0.1) is 5.69 Å². The summed E-state index contributed by atoms with van der Waals surface area (Å²) in [6, 6.07) is 9.41. The molecule has 7 heteroatoms. The molecule has 1 N–H and O–H groups in total. The molecular formula is C14H10BrN3O2S. The topological polar surface area (TPSA) is 68.0 Å². The van der Waals surface area contributed by atoms with Crippen molar-refractivity contribution in [1.29, 1.82) is 0 Å². The van der Waals surface area contributed by atoms with Crippen molar-refractivity contribution < 1.29 is 9.32 Å². The van der Waals surface area contributed by atoms with Crippen molar-refractivity contribution in [2.45, 2.75) is 6.92 Å². The zero-order valence-corrected chi connectivity index (χ0v) is 13.4. The minimum atomic E-state index is -0.331. The van der Waals surface area contributed by atoms with E-state index in [-0.39, 0.29) is 11.6 Å². The van der Waals surface area contributed by atoms with E-state index in [4.69, 9.17) is 4.52 Å². The fourth-order valence-corrected chi connectivity index (χ4v) is 2.86. The molecule has 0 saturated heterocycles. The Bertz CT molecular complexity index is 797. The number of hydrogen-bond donors (Lipinski definition) is 1. The molecule has 5 nitrogen and oxygen atoms in total. The number of halogens is 1. The van der Waals surface area contributed by atoms with Crippen LogP contribution in [0.4, 0.5) is 5.13 Å². The van der Waals surface area contributed by atoms with Gasteiger partial charge in [-0.3, -0.25) is 10.1 Å². The molecule has 3 rings (SSSR count). The first-order valence-corrected chi connectivity index (χ1v) is 7.75. The SMILES string of the molecule is Cc1cc(C(=O)Nc2nc(-c3cccc(Br)c3)cs2)no1. The molecule has 1 amide bonds. The van der Waals surface area contributed by atoms with Crippen LogP contribution in [-0.2, 0) is 0 Å². The maximum atomic E-state index is 12.0. The highest BCUT2D eigenvalue weighted by Crippen LogP contribution is 2.27. The number of anilines is 1. The van der Waals surface area contributed by atoms with Crippen molar-refractivity contribution in [1.82, 2.24) is 10.1 Å². The van der Waals surface area contributed by atoms with Crippen LogP contribution in [0.25, 0.3) is 11.3 Å². The first kappa shape index (κ1) is 14.0. The molecule has 0 saturated carbocycles. The van der Waals surface area contributed by atoms with Crippen molar-refractivity contribution in [2.24, 2.45) is 0 Å². The van der Waals surface area contributed by atoms with Gasteiger partial charge in [0.25, 0.3) is 5.91 Å². The summed E-state index contributed by atoms with van der Waals surface area (Å²) < 4.78 is 5.86. The molecule has 0 radical (unpaired) electrons. The van der Waals surface area contributed by atoms with Gasteiger partial charge in [0.15, 0.2) is 10.8 Å². The van der Waals surface area contributed by atoms with Crippen LogP contribution in [0.1, 0.15) is 16.2 Å². The molecule has 2 aromatic heterocycles. The lowest BCUT2D eigenvalue weighted by molar-refractivity contribution is 0.101. The Kier molecular flexibility index (Phi) is 3.85. The Morgan fingerprint density at radius 1 is 1.38 bits per heavy atom. The Hall–Kier alpha value is -1.99. The molecule has 1 aromatic carbocycles. The van der Waals surface area contributed by atoms with E-state index in [1.54, 1.807) is 13.0 Å². The second kappa shape index (κ2) is 5.79. The van der Waals surface area contributed by atoms with Gasteiger partial charge in [0, 0.05) is 21.5 Å². The van der Waals surface area contributed by atoms with Gasteiger partial charge in [-0.1, -0.05) is 33.2 Å². The Balaban J connectivity index is 1.78. The second-order valence-electron chi connectivity index (χ2n) is 4.33. The van der Waals surface area contributed by atoms with Crippen LogP contribution in [0.5, 0.6) is 0 Å². The number of nitrogens with one attached hydrogen (secondary N) is 1. The summed E-state index contributed by atoms with van der Waals surface area (Å²) in [5.41, 5.74) is 2.04. The lowest BCUT2D eigenvalue weighted by Crippen LogP contribution is -2.11. The second-order valence-corrected chi connectivity index (χ2v) is 6.10. The van der Waals surface area contributed by atoms with Gasteiger partial charge in [0.2, 0.25) is 0 Å². The summed E-state index contributed by atoms with van der Waals surface area (Å²) >= 11 is 4.79. The van der Waals surface area contributed by atoms with Crippen LogP contribution in [-0.4, -0.2) is 16.0 Å². The number of carbonyl (C=O) groups excluding carboxylic acids is 1. The van der Waals surface area contributed by atoms with Gasteiger partial charge in [-0.2, -0.15) is 0 Å². The largest absolute Gasteiger partial charge is 0.361 e. The van der Waals surface area contributed by atoms with Gasteiger partial charge in [-0.05, 0) is 19.1 Å². The molecular weight excluding hydrogens is 354 g/mol. The van der Waals surface area contributed by atoms with E-state index in [1.165, 1.54) is 11.3 Å². The fraction of sp³-hybridized carbons (Fsp3) is 0.0714. The summed E-state index contributed by atoms with van der Waals surface area (Å²) in [5.74, 6) is 0.260. The van der Waals surface area contributed by atoms with Gasteiger partial charge < -0.3 is 4.52 Å². The third kappa shape index (κ3) is 3.20. The average molecular weight is 364 g/mol. The van der Waals surface area contributed by atoms with Crippen molar-refractivity contribution in [2.75, 3.05) is 5.32 Å². The number of hydrogen-bond acceptors (Lipinski definition) is 5. The molecule has 0 spiro atoms. The Labute approximate surface area is 133 Å². The summed E-state index contributed by atoms with van der Waals surface area (Å²) in [7, 11) is 0. The molecule has 106 valence electrons. The quantitative estimate of drug-likeness (QED) is 0.759. The number of carbonyl (C=O) groups is 1. The van der Waals surface area contributed by atoms with Gasteiger partial charge in [0.1, 0.15) is 5.76 Å². The zero-order valence-electron chi connectivity index (χ0n) is 11.0. The Morgan fingerprint density at radius 2 is 2.24 bits per heavy atom. The van der Waals surface area contributed by atoms with Crippen LogP contribution < -0.4 is 5.32 Å². The van der Waals surface area contributed by atoms with E-state index in [2.05, 4.69) is 31.4 Å². The number of aryl methyl sites for hydroxylation is 1. The van der Waals surface area contributed by atoms with Crippen LogP contribution in [0.3, 0.4) is 0 Å². The highest BCUT2D eigenvalue weighted by molar-refractivity contribution is 9.10. The van der Waals surface area contributed by atoms with Gasteiger partial charge in [-0.15, -0.1) is 11.3 Å². The molecule has 3 aromatic rings.